The van der Waals surface area contributed by atoms with Crippen molar-refractivity contribution in [2.45, 2.75) is 0 Å². The van der Waals surface area contributed by atoms with Crippen LogP contribution in [0.4, 0.5) is 10.5 Å². The first-order valence-electron chi connectivity index (χ1n) is 4.71. The molecule has 0 N–H and O–H groups in total. The summed E-state index contributed by atoms with van der Waals surface area (Å²) in [5, 5.41) is 2.32. The number of amides is 2. The first-order valence-corrected chi connectivity index (χ1v) is 5.47. The third kappa shape index (κ3) is 1.96. The van der Waals surface area contributed by atoms with Crippen LogP contribution in [0.15, 0.2) is 18.2 Å². The average Bonchev–Trinajstić information content (AvgIpc) is 2.63. The van der Waals surface area contributed by atoms with Gasteiger partial charge in [-0.25, -0.2) is 9.86 Å². The van der Waals surface area contributed by atoms with Crippen LogP contribution in [0.5, 0.6) is 0 Å². The fourth-order valence-electron chi connectivity index (χ4n) is 1.60. The number of benzene rings is 1. The van der Waals surface area contributed by atoms with Gasteiger partial charge in [-0.3, -0.25) is 9.74 Å². The number of hydrogen-bond donors (Lipinski definition) is 0. The Morgan fingerprint density at radius 1 is 1.31 bits per heavy atom. The molecule has 0 saturated carbocycles. The summed E-state index contributed by atoms with van der Waals surface area (Å²) in [5.41, 5.74) is 0.610. The van der Waals surface area contributed by atoms with E-state index in [0.717, 1.165) is 0 Å². The molecule has 86 valence electrons. The van der Waals surface area contributed by atoms with E-state index in [9.17, 15) is 4.79 Å². The van der Waals surface area contributed by atoms with Gasteiger partial charge in [-0.15, -0.1) is 0 Å². The van der Waals surface area contributed by atoms with E-state index in [1.165, 1.54) is 17.1 Å². The molecule has 0 aliphatic carbocycles. The van der Waals surface area contributed by atoms with Crippen molar-refractivity contribution in [2.24, 2.45) is 0 Å². The number of carbonyl (C=O) groups is 1. The molecule has 1 aliphatic rings. The molecule has 0 unspecified atom stereocenters. The minimum atomic E-state index is -0.230. The van der Waals surface area contributed by atoms with Crippen LogP contribution in [0.25, 0.3) is 0 Å². The van der Waals surface area contributed by atoms with E-state index < -0.39 is 0 Å². The van der Waals surface area contributed by atoms with Gasteiger partial charge in [0, 0.05) is 11.6 Å². The van der Waals surface area contributed by atoms with Crippen LogP contribution < -0.4 is 4.90 Å². The van der Waals surface area contributed by atoms with Crippen molar-refractivity contribution in [1.82, 2.24) is 5.06 Å². The zero-order valence-corrected chi connectivity index (χ0v) is 10.1. The van der Waals surface area contributed by atoms with Gasteiger partial charge in [0.2, 0.25) is 0 Å². The standard InChI is InChI=1S/C10H10Cl2N2O2/c1-16-14-5-4-13(10(14)15)9-6-7(11)2-3-8(9)12/h2-3,6H,4-5H2,1H3. The average molecular weight is 261 g/mol. The number of urea groups is 1. The normalized spacial score (nSPS) is 16.1. The smallest absolute Gasteiger partial charge is 0.289 e. The lowest BCUT2D eigenvalue weighted by Crippen LogP contribution is -2.31. The van der Waals surface area contributed by atoms with E-state index in [0.29, 0.717) is 28.8 Å². The Balaban J connectivity index is 2.32. The van der Waals surface area contributed by atoms with Gasteiger partial charge in [0.25, 0.3) is 0 Å². The largest absolute Gasteiger partial charge is 0.348 e. The quantitative estimate of drug-likeness (QED) is 0.820. The Bertz CT molecular complexity index is 425. The van der Waals surface area contributed by atoms with Crippen molar-refractivity contribution >= 4 is 34.9 Å². The molecule has 1 aromatic carbocycles. The summed E-state index contributed by atoms with van der Waals surface area (Å²) in [6, 6.07) is 4.79. The minimum Gasteiger partial charge on any atom is -0.289 e. The lowest BCUT2D eigenvalue weighted by molar-refractivity contribution is -0.0698. The molecular weight excluding hydrogens is 251 g/mol. The van der Waals surface area contributed by atoms with E-state index in [-0.39, 0.29) is 6.03 Å². The highest BCUT2D eigenvalue weighted by atomic mass is 35.5. The summed E-state index contributed by atoms with van der Waals surface area (Å²) in [4.78, 5) is 18.3. The SMILES string of the molecule is CON1CCN(c2cc(Cl)ccc2Cl)C1=O. The van der Waals surface area contributed by atoms with Crippen LogP contribution in [0.2, 0.25) is 10.0 Å². The second-order valence-electron chi connectivity index (χ2n) is 3.31. The number of hydrogen-bond acceptors (Lipinski definition) is 2. The molecule has 1 fully saturated rings. The van der Waals surface area contributed by atoms with Crippen molar-refractivity contribution in [1.29, 1.82) is 0 Å². The van der Waals surface area contributed by atoms with Gasteiger partial charge in [-0.05, 0) is 18.2 Å². The van der Waals surface area contributed by atoms with Crippen LogP contribution in [-0.2, 0) is 4.84 Å². The molecule has 2 rings (SSSR count). The molecular formula is C10H10Cl2N2O2. The van der Waals surface area contributed by atoms with Crippen LogP contribution in [0.1, 0.15) is 0 Å². The molecule has 1 aliphatic heterocycles. The first kappa shape index (κ1) is 11.5. The highest BCUT2D eigenvalue weighted by Crippen LogP contribution is 2.31. The Morgan fingerprint density at radius 2 is 2.06 bits per heavy atom. The van der Waals surface area contributed by atoms with Gasteiger partial charge in [-0.1, -0.05) is 23.2 Å². The summed E-state index contributed by atoms with van der Waals surface area (Å²) in [6.07, 6.45) is 0. The highest BCUT2D eigenvalue weighted by Gasteiger charge is 2.31. The molecule has 6 heteroatoms. The van der Waals surface area contributed by atoms with Crippen LogP contribution in [0.3, 0.4) is 0 Å². The third-order valence-corrected chi connectivity index (χ3v) is 2.95. The number of anilines is 1. The number of nitrogens with zero attached hydrogens (tertiary/aromatic N) is 2. The predicted octanol–water partition coefficient (Wildman–Crippen LogP) is 2.80. The zero-order valence-electron chi connectivity index (χ0n) is 8.61. The molecule has 1 saturated heterocycles. The van der Waals surface area contributed by atoms with Crippen LogP contribution in [-0.4, -0.2) is 31.3 Å². The second kappa shape index (κ2) is 4.49. The highest BCUT2D eigenvalue weighted by molar-refractivity contribution is 6.35. The zero-order chi connectivity index (χ0) is 11.7. The Hall–Kier alpha value is -0.970. The van der Waals surface area contributed by atoms with Gasteiger partial charge >= 0.3 is 6.03 Å². The maximum atomic E-state index is 11.8. The summed E-state index contributed by atoms with van der Waals surface area (Å²) in [5.74, 6) is 0. The number of hydroxylamine groups is 2. The molecule has 4 nitrogen and oxygen atoms in total. The van der Waals surface area contributed by atoms with Gasteiger partial charge < -0.3 is 0 Å². The van der Waals surface area contributed by atoms with Gasteiger partial charge in [-0.2, -0.15) is 0 Å². The van der Waals surface area contributed by atoms with Gasteiger partial charge in [0.1, 0.15) is 0 Å². The molecule has 2 amide bonds. The van der Waals surface area contributed by atoms with E-state index >= 15 is 0 Å². The summed E-state index contributed by atoms with van der Waals surface area (Å²) >= 11 is 11.9. The summed E-state index contributed by atoms with van der Waals surface area (Å²) < 4.78 is 0. The third-order valence-electron chi connectivity index (χ3n) is 2.39. The molecule has 1 aromatic rings. The molecule has 16 heavy (non-hydrogen) atoms. The van der Waals surface area contributed by atoms with E-state index in [2.05, 4.69) is 0 Å². The molecule has 0 bridgehead atoms. The lowest BCUT2D eigenvalue weighted by Gasteiger charge is -2.18. The molecule has 0 spiro atoms. The van der Waals surface area contributed by atoms with E-state index in [4.69, 9.17) is 28.0 Å². The van der Waals surface area contributed by atoms with E-state index in [1.54, 1.807) is 18.2 Å². The summed E-state index contributed by atoms with van der Waals surface area (Å²) in [6.45, 7) is 1.05. The second-order valence-corrected chi connectivity index (χ2v) is 4.16. The fraction of sp³-hybridized carbons (Fsp3) is 0.300. The maximum Gasteiger partial charge on any atom is 0.348 e. The van der Waals surface area contributed by atoms with E-state index in [1.807, 2.05) is 0 Å². The first-order chi connectivity index (χ1) is 7.63. The van der Waals surface area contributed by atoms with Crippen molar-refractivity contribution in [2.75, 3.05) is 25.1 Å². The van der Waals surface area contributed by atoms with Crippen molar-refractivity contribution in [3.05, 3.63) is 28.2 Å². The topological polar surface area (TPSA) is 32.8 Å². The van der Waals surface area contributed by atoms with Crippen molar-refractivity contribution < 1.29 is 9.63 Å². The number of carbonyl (C=O) groups excluding carboxylic acids is 1. The van der Waals surface area contributed by atoms with Crippen LogP contribution in [0, 0.1) is 0 Å². The Labute approximate surface area is 103 Å². The number of rotatable bonds is 2. The Kier molecular flexibility index (Phi) is 3.23. The van der Waals surface area contributed by atoms with Crippen molar-refractivity contribution in [3.63, 3.8) is 0 Å². The summed E-state index contributed by atoms with van der Waals surface area (Å²) in [7, 11) is 1.46. The monoisotopic (exact) mass is 260 g/mol. The van der Waals surface area contributed by atoms with Crippen LogP contribution >= 0.6 is 23.2 Å². The Morgan fingerprint density at radius 3 is 2.69 bits per heavy atom. The van der Waals surface area contributed by atoms with Gasteiger partial charge in [0.05, 0.1) is 24.4 Å². The number of halogens is 2. The predicted molar refractivity (Wildman–Crippen MR) is 62.9 cm³/mol. The minimum absolute atomic E-state index is 0.230. The molecule has 0 aromatic heterocycles. The maximum absolute atomic E-state index is 11.8. The lowest BCUT2D eigenvalue weighted by atomic mass is 10.3. The molecule has 0 radical (unpaired) electrons. The van der Waals surface area contributed by atoms with Gasteiger partial charge in [0.15, 0.2) is 0 Å². The molecule has 1 heterocycles. The molecule has 0 atom stereocenters. The van der Waals surface area contributed by atoms with Crippen molar-refractivity contribution in [3.8, 4) is 0 Å². The fourth-order valence-corrected chi connectivity index (χ4v) is 1.99.